The molecule has 1 aliphatic heterocycles. The molecule has 1 aromatic carbocycles. The summed E-state index contributed by atoms with van der Waals surface area (Å²) in [5.41, 5.74) is 6.43. The third-order valence-electron chi connectivity index (χ3n) is 3.61. The number of aromatic amines is 1. The van der Waals surface area contributed by atoms with Crippen LogP contribution in [0.2, 0.25) is 0 Å². The summed E-state index contributed by atoms with van der Waals surface area (Å²) in [5.74, 6) is 0.371. The van der Waals surface area contributed by atoms with Crippen molar-refractivity contribution in [3.8, 4) is 17.4 Å². The molecule has 0 unspecified atom stereocenters. The highest BCUT2D eigenvalue weighted by Gasteiger charge is 2.15. The van der Waals surface area contributed by atoms with E-state index < -0.39 is 0 Å². The van der Waals surface area contributed by atoms with Gasteiger partial charge in [-0.1, -0.05) is 6.07 Å². The van der Waals surface area contributed by atoms with Crippen LogP contribution in [-0.4, -0.2) is 36.9 Å². The summed E-state index contributed by atoms with van der Waals surface area (Å²) < 4.78 is 0. The minimum atomic E-state index is -0.135. The number of hydrogen-bond donors (Lipinski definition) is 3. The predicted octanol–water partition coefficient (Wildman–Crippen LogP) is 1.34. The van der Waals surface area contributed by atoms with Crippen LogP contribution in [0.25, 0.3) is 22.6 Å². The van der Waals surface area contributed by atoms with E-state index in [9.17, 15) is 9.90 Å². The second-order valence-electron chi connectivity index (χ2n) is 5.19. The van der Waals surface area contributed by atoms with Crippen molar-refractivity contribution in [1.82, 2.24) is 25.6 Å². The Bertz CT molecular complexity index is 929. The lowest BCUT2D eigenvalue weighted by atomic mass is 10.0. The summed E-state index contributed by atoms with van der Waals surface area (Å²) in [5, 5.41) is 20.8. The van der Waals surface area contributed by atoms with E-state index in [2.05, 4.69) is 30.7 Å². The molecule has 8 heteroatoms. The number of H-pyrrole nitrogens is 1. The molecule has 8 nitrogen and oxygen atoms in total. The Hall–Kier alpha value is -3.29. The number of aromatic nitrogens is 4. The summed E-state index contributed by atoms with van der Waals surface area (Å²) in [4.78, 5) is 18.8. The molecule has 23 heavy (non-hydrogen) atoms. The van der Waals surface area contributed by atoms with E-state index in [1.54, 1.807) is 6.07 Å². The van der Waals surface area contributed by atoms with Gasteiger partial charge in [0.2, 0.25) is 11.8 Å². The maximum Gasteiger partial charge on any atom is 0.240 e. The van der Waals surface area contributed by atoms with Crippen LogP contribution in [0.15, 0.2) is 35.4 Å². The van der Waals surface area contributed by atoms with Gasteiger partial charge in [-0.25, -0.2) is 10.4 Å². The Labute approximate surface area is 130 Å². The second kappa shape index (κ2) is 5.16. The Morgan fingerprint density at radius 1 is 1.09 bits per heavy atom. The van der Waals surface area contributed by atoms with Crippen LogP contribution in [0.5, 0.6) is 5.88 Å². The molecule has 0 aliphatic carbocycles. The quantitative estimate of drug-likeness (QED) is 0.660. The Morgan fingerprint density at radius 2 is 2.00 bits per heavy atom. The number of rotatable bonds is 2. The number of benzene rings is 1. The van der Waals surface area contributed by atoms with Gasteiger partial charge < -0.3 is 10.1 Å². The number of aromatic hydroxyl groups is 1. The molecule has 1 amide bonds. The first kappa shape index (κ1) is 13.4. The van der Waals surface area contributed by atoms with Gasteiger partial charge in [-0.05, 0) is 18.2 Å². The topological polar surface area (TPSA) is 116 Å². The lowest BCUT2D eigenvalue weighted by Gasteiger charge is -2.11. The highest BCUT2D eigenvalue weighted by Crippen LogP contribution is 2.21. The lowest BCUT2D eigenvalue weighted by Crippen LogP contribution is -2.25. The molecule has 0 spiro atoms. The van der Waals surface area contributed by atoms with Crippen molar-refractivity contribution >= 4 is 22.7 Å². The SMILES string of the molecule is O=C1CCC(c2ccc3[nH]c(-c4ccc(O)nn4)nc3c2)=NN1. The van der Waals surface area contributed by atoms with Gasteiger partial charge in [0.15, 0.2) is 5.82 Å². The Balaban J connectivity index is 1.72. The van der Waals surface area contributed by atoms with Gasteiger partial charge in [-0.3, -0.25) is 4.79 Å². The third kappa shape index (κ3) is 2.50. The average molecular weight is 308 g/mol. The summed E-state index contributed by atoms with van der Waals surface area (Å²) in [6.45, 7) is 0. The van der Waals surface area contributed by atoms with Gasteiger partial charge in [0, 0.05) is 24.5 Å². The fourth-order valence-corrected chi connectivity index (χ4v) is 2.44. The normalized spacial score (nSPS) is 14.6. The minimum absolute atomic E-state index is 0.0669. The predicted molar refractivity (Wildman–Crippen MR) is 82.7 cm³/mol. The number of amides is 1. The van der Waals surface area contributed by atoms with Crippen molar-refractivity contribution in [2.24, 2.45) is 5.10 Å². The van der Waals surface area contributed by atoms with Crippen molar-refractivity contribution in [2.45, 2.75) is 12.8 Å². The van der Waals surface area contributed by atoms with Gasteiger partial charge in [0.05, 0.1) is 16.7 Å². The lowest BCUT2D eigenvalue weighted by molar-refractivity contribution is -0.121. The van der Waals surface area contributed by atoms with Gasteiger partial charge in [0.25, 0.3) is 0 Å². The number of imidazole rings is 1. The van der Waals surface area contributed by atoms with Crippen LogP contribution in [0.3, 0.4) is 0 Å². The van der Waals surface area contributed by atoms with E-state index in [-0.39, 0.29) is 11.8 Å². The summed E-state index contributed by atoms with van der Waals surface area (Å²) in [6, 6.07) is 8.86. The molecule has 0 atom stereocenters. The fraction of sp³-hybridized carbons (Fsp3) is 0.133. The zero-order valence-corrected chi connectivity index (χ0v) is 11.9. The number of hydrazone groups is 1. The molecule has 0 bridgehead atoms. The third-order valence-corrected chi connectivity index (χ3v) is 3.61. The van der Waals surface area contributed by atoms with Crippen LogP contribution < -0.4 is 5.43 Å². The fourth-order valence-electron chi connectivity index (χ4n) is 2.44. The van der Waals surface area contributed by atoms with Crippen molar-refractivity contribution in [3.63, 3.8) is 0 Å². The van der Waals surface area contributed by atoms with Crippen molar-refractivity contribution in [3.05, 3.63) is 35.9 Å². The van der Waals surface area contributed by atoms with Crippen molar-refractivity contribution in [1.29, 1.82) is 0 Å². The van der Waals surface area contributed by atoms with Crippen LogP contribution in [-0.2, 0) is 4.79 Å². The van der Waals surface area contributed by atoms with Gasteiger partial charge >= 0.3 is 0 Å². The molecular formula is C15H12N6O2. The van der Waals surface area contributed by atoms with Crippen LogP contribution in [0.4, 0.5) is 0 Å². The van der Waals surface area contributed by atoms with E-state index in [1.807, 2.05) is 18.2 Å². The molecule has 3 heterocycles. The molecule has 4 rings (SSSR count). The van der Waals surface area contributed by atoms with E-state index in [0.29, 0.717) is 24.4 Å². The van der Waals surface area contributed by atoms with Crippen molar-refractivity contribution in [2.75, 3.05) is 0 Å². The second-order valence-corrected chi connectivity index (χ2v) is 5.19. The molecule has 3 aromatic rings. The molecule has 2 aromatic heterocycles. The van der Waals surface area contributed by atoms with E-state index in [4.69, 9.17) is 0 Å². The molecule has 0 saturated carbocycles. The van der Waals surface area contributed by atoms with Gasteiger partial charge in [-0.2, -0.15) is 5.10 Å². The zero-order valence-electron chi connectivity index (χ0n) is 11.9. The largest absolute Gasteiger partial charge is 0.492 e. The maximum absolute atomic E-state index is 11.2. The molecule has 3 N–H and O–H groups in total. The summed E-state index contributed by atoms with van der Waals surface area (Å²) in [6.07, 6.45) is 1.05. The first-order valence-electron chi connectivity index (χ1n) is 7.08. The number of carbonyl (C=O) groups is 1. The van der Waals surface area contributed by atoms with E-state index >= 15 is 0 Å². The maximum atomic E-state index is 11.2. The van der Waals surface area contributed by atoms with E-state index in [0.717, 1.165) is 22.3 Å². The van der Waals surface area contributed by atoms with Gasteiger partial charge in [0.1, 0.15) is 5.69 Å². The van der Waals surface area contributed by atoms with Crippen LogP contribution >= 0.6 is 0 Å². The first-order chi connectivity index (χ1) is 11.2. The molecule has 1 aliphatic rings. The first-order valence-corrected chi connectivity index (χ1v) is 7.08. The number of carbonyl (C=O) groups excluding carboxylic acids is 1. The smallest absolute Gasteiger partial charge is 0.240 e. The number of nitrogens with zero attached hydrogens (tertiary/aromatic N) is 4. The molecule has 114 valence electrons. The molecular weight excluding hydrogens is 296 g/mol. The number of nitrogens with one attached hydrogen (secondary N) is 2. The molecule has 0 radical (unpaired) electrons. The van der Waals surface area contributed by atoms with Crippen LogP contribution in [0, 0.1) is 0 Å². The Morgan fingerprint density at radius 3 is 2.74 bits per heavy atom. The number of hydrogen-bond acceptors (Lipinski definition) is 6. The molecule has 0 fully saturated rings. The minimum Gasteiger partial charge on any atom is -0.492 e. The van der Waals surface area contributed by atoms with Crippen molar-refractivity contribution < 1.29 is 9.90 Å². The standard InChI is InChI=1S/C15H12N6O2/c22-13-5-3-9(18-20-13)8-1-2-10-12(7-8)17-15(16-10)11-4-6-14(23)21-19-11/h1-2,4,6-7H,3,5H2,(H,16,17)(H,20,22)(H,21,23). The monoisotopic (exact) mass is 308 g/mol. The zero-order chi connectivity index (χ0) is 15.8. The average Bonchev–Trinajstić information content (AvgIpc) is 2.99. The van der Waals surface area contributed by atoms with Gasteiger partial charge in [-0.15, -0.1) is 10.2 Å². The Kier molecular flexibility index (Phi) is 3.00. The number of fused-ring (bicyclic) bond motifs is 1. The summed E-state index contributed by atoms with van der Waals surface area (Å²) >= 11 is 0. The highest BCUT2D eigenvalue weighted by atomic mass is 16.3. The summed E-state index contributed by atoms with van der Waals surface area (Å²) in [7, 11) is 0. The molecule has 0 saturated heterocycles. The highest BCUT2D eigenvalue weighted by molar-refractivity contribution is 6.05. The van der Waals surface area contributed by atoms with Crippen LogP contribution in [0.1, 0.15) is 18.4 Å². The van der Waals surface area contributed by atoms with E-state index in [1.165, 1.54) is 6.07 Å².